The van der Waals surface area contributed by atoms with E-state index in [1.165, 1.54) is 11.3 Å². The molecule has 1 amide bonds. The van der Waals surface area contributed by atoms with Gasteiger partial charge in [-0.15, -0.1) is 0 Å². The minimum Gasteiger partial charge on any atom is -0.492 e. The van der Waals surface area contributed by atoms with Crippen LogP contribution in [-0.4, -0.2) is 28.9 Å². The van der Waals surface area contributed by atoms with Gasteiger partial charge in [0.1, 0.15) is 5.75 Å². The van der Waals surface area contributed by atoms with E-state index in [0.29, 0.717) is 36.8 Å². The Labute approximate surface area is 148 Å². The lowest BCUT2D eigenvalue weighted by Gasteiger charge is -2.27. The zero-order valence-corrected chi connectivity index (χ0v) is 15.0. The number of H-pyrrole nitrogens is 1. The van der Waals surface area contributed by atoms with Crippen LogP contribution in [0.4, 0.5) is 0 Å². The van der Waals surface area contributed by atoms with Crippen molar-refractivity contribution in [2.75, 3.05) is 13.2 Å². The Kier molecular flexibility index (Phi) is 5.28. The minimum atomic E-state index is 0.183. The second-order valence-electron chi connectivity index (χ2n) is 5.57. The Hall–Kier alpha value is -1.46. The molecule has 0 spiro atoms. The molecule has 0 atom stereocenters. The van der Waals surface area contributed by atoms with Crippen LogP contribution in [0.5, 0.6) is 5.75 Å². The third-order valence-electron chi connectivity index (χ3n) is 3.96. The Morgan fingerprint density at radius 3 is 3.09 bits per heavy atom. The molecular weight excluding hydrogens is 380 g/mol. The highest BCUT2D eigenvalue weighted by atomic mass is 79.9. The molecule has 1 aromatic carbocycles. The van der Waals surface area contributed by atoms with Crippen LogP contribution in [0.3, 0.4) is 0 Å². The van der Waals surface area contributed by atoms with Crippen LogP contribution in [0.15, 0.2) is 34.9 Å². The molecule has 1 aromatic heterocycles. The maximum absolute atomic E-state index is 12.3. The van der Waals surface area contributed by atoms with E-state index in [-0.39, 0.29) is 5.91 Å². The molecule has 0 saturated heterocycles. The monoisotopic (exact) mass is 396 g/mol. The minimum absolute atomic E-state index is 0.183. The third-order valence-corrected chi connectivity index (χ3v) is 4.75. The standard InChI is InChI=1S/C17H18BrClN2O2/c18-13-3-4-16(14(19)10-13)23-9-1-2-17(22)21-8-6-15-12(11-21)5-7-20-15/h3-5,7,10,20H,1-2,6,8-9,11H2. The highest BCUT2D eigenvalue weighted by Gasteiger charge is 2.20. The van der Waals surface area contributed by atoms with Crippen LogP contribution in [0, 0.1) is 0 Å². The predicted octanol–water partition coefficient (Wildman–Crippen LogP) is 4.17. The fourth-order valence-corrected chi connectivity index (χ4v) is 3.45. The van der Waals surface area contributed by atoms with E-state index >= 15 is 0 Å². The van der Waals surface area contributed by atoms with Crippen LogP contribution in [0.2, 0.25) is 5.02 Å². The topological polar surface area (TPSA) is 45.3 Å². The van der Waals surface area contributed by atoms with E-state index < -0.39 is 0 Å². The largest absolute Gasteiger partial charge is 0.492 e. The molecule has 0 aliphatic carbocycles. The highest BCUT2D eigenvalue weighted by molar-refractivity contribution is 9.10. The van der Waals surface area contributed by atoms with Crippen LogP contribution in [0.1, 0.15) is 24.1 Å². The number of nitrogens with zero attached hydrogens (tertiary/aromatic N) is 1. The predicted molar refractivity (Wildman–Crippen MR) is 93.8 cm³/mol. The van der Waals surface area contributed by atoms with Gasteiger partial charge in [0.2, 0.25) is 5.91 Å². The lowest BCUT2D eigenvalue weighted by atomic mass is 10.1. The number of nitrogens with one attached hydrogen (secondary N) is 1. The van der Waals surface area contributed by atoms with Crippen molar-refractivity contribution in [3.8, 4) is 5.75 Å². The van der Waals surface area contributed by atoms with Crippen LogP contribution >= 0.6 is 27.5 Å². The van der Waals surface area contributed by atoms with Crippen molar-refractivity contribution in [1.82, 2.24) is 9.88 Å². The van der Waals surface area contributed by atoms with Gasteiger partial charge >= 0.3 is 0 Å². The normalized spacial score (nSPS) is 13.7. The summed E-state index contributed by atoms with van der Waals surface area (Å²) in [6, 6.07) is 7.55. The maximum Gasteiger partial charge on any atom is 0.223 e. The van der Waals surface area contributed by atoms with Crippen molar-refractivity contribution < 1.29 is 9.53 Å². The number of aromatic nitrogens is 1. The zero-order valence-electron chi connectivity index (χ0n) is 12.6. The van der Waals surface area contributed by atoms with E-state index in [1.54, 1.807) is 6.07 Å². The summed E-state index contributed by atoms with van der Waals surface area (Å²) in [5.74, 6) is 0.833. The molecule has 1 aliphatic heterocycles. The molecule has 0 unspecified atom stereocenters. The number of benzene rings is 1. The van der Waals surface area contributed by atoms with Crippen molar-refractivity contribution >= 4 is 33.4 Å². The van der Waals surface area contributed by atoms with Gasteiger partial charge in [0.15, 0.2) is 0 Å². The number of ether oxygens (including phenoxy) is 1. The van der Waals surface area contributed by atoms with Gasteiger partial charge in [0, 0.05) is 42.3 Å². The molecule has 4 nitrogen and oxygen atoms in total. The first-order chi connectivity index (χ1) is 11.1. The number of hydrogen-bond acceptors (Lipinski definition) is 2. The van der Waals surface area contributed by atoms with Crippen molar-refractivity contribution in [3.05, 3.63) is 51.2 Å². The SMILES string of the molecule is O=C(CCCOc1ccc(Br)cc1Cl)N1CCc2[nH]ccc2C1. The van der Waals surface area contributed by atoms with Gasteiger partial charge in [0.25, 0.3) is 0 Å². The van der Waals surface area contributed by atoms with Gasteiger partial charge < -0.3 is 14.6 Å². The van der Waals surface area contributed by atoms with Gasteiger partial charge in [-0.3, -0.25) is 4.79 Å². The summed E-state index contributed by atoms with van der Waals surface area (Å²) in [7, 11) is 0. The van der Waals surface area contributed by atoms with Gasteiger partial charge in [-0.05, 0) is 36.2 Å². The van der Waals surface area contributed by atoms with E-state index in [9.17, 15) is 4.79 Å². The fourth-order valence-electron chi connectivity index (χ4n) is 2.72. The number of rotatable bonds is 5. The Morgan fingerprint density at radius 1 is 1.39 bits per heavy atom. The van der Waals surface area contributed by atoms with Crippen molar-refractivity contribution in [2.24, 2.45) is 0 Å². The van der Waals surface area contributed by atoms with Crippen LogP contribution in [-0.2, 0) is 17.8 Å². The fraction of sp³-hybridized carbons (Fsp3) is 0.353. The lowest BCUT2D eigenvalue weighted by molar-refractivity contribution is -0.132. The molecule has 23 heavy (non-hydrogen) atoms. The number of aromatic amines is 1. The molecule has 2 heterocycles. The van der Waals surface area contributed by atoms with Crippen molar-refractivity contribution in [3.63, 3.8) is 0 Å². The molecule has 0 saturated carbocycles. The number of fused-ring (bicyclic) bond motifs is 1. The first kappa shape index (κ1) is 16.4. The van der Waals surface area contributed by atoms with E-state index in [4.69, 9.17) is 16.3 Å². The molecule has 1 aliphatic rings. The molecular formula is C17H18BrClN2O2. The van der Waals surface area contributed by atoms with Crippen molar-refractivity contribution in [1.29, 1.82) is 0 Å². The molecule has 0 bridgehead atoms. The number of hydrogen-bond donors (Lipinski definition) is 1. The second kappa shape index (κ2) is 7.41. The van der Waals surface area contributed by atoms with Gasteiger partial charge in [-0.25, -0.2) is 0 Å². The second-order valence-corrected chi connectivity index (χ2v) is 6.90. The number of halogens is 2. The van der Waals surface area contributed by atoms with E-state index in [2.05, 4.69) is 20.9 Å². The summed E-state index contributed by atoms with van der Waals surface area (Å²) in [5, 5.41) is 0.571. The average Bonchev–Trinajstić information content (AvgIpc) is 3.00. The quantitative estimate of drug-likeness (QED) is 0.770. The van der Waals surface area contributed by atoms with Gasteiger partial charge in [-0.2, -0.15) is 0 Å². The van der Waals surface area contributed by atoms with Crippen LogP contribution in [0.25, 0.3) is 0 Å². The van der Waals surface area contributed by atoms with Crippen molar-refractivity contribution in [2.45, 2.75) is 25.8 Å². The van der Waals surface area contributed by atoms with Gasteiger partial charge in [0.05, 0.1) is 11.6 Å². The van der Waals surface area contributed by atoms with E-state index in [1.807, 2.05) is 29.3 Å². The lowest BCUT2D eigenvalue weighted by Crippen LogP contribution is -2.35. The molecule has 122 valence electrons. The van der Waals surface area contributed by atoms with Crippen LogP contribution < -0.4 is 4.74 Å². The van der Waals surface area contributed by atoms with E-state index in [0.717, 1.165) is 17.4 Å². The molecule has 0 radical (unpaired) electrons. The number of amides is 1. The molecule has 0 fully saturated rings. The Bertz CT molecular complexity index is 702. The summed E-state index contributed by atoms with van der Waals surface area (Å²) < 4.78 is 6.56. The third kappa shape index (κ3) is 4.09. The number of carbonyl (C=O) groups excluding carboxylic acids is 1. The molecule has 2 aromatic rings. The maximum atomic E-state index is 12.3. The first-order valence-corrected chi connectivity index (χ1v) is 8.81. The summed E-state index contributed by atoms with van der Waals surface area (Å²) in [4.78, 5) is 17.4. The summed E-state index contributed by atoms with van der Waals surface area (Å²) in [6.07, 6.45) is 4.02. The summed E-state index contributed by atoms with van der Waals surface area (Å²) >= 11 is 9.45. The molecule has 3 rings (SSSR count). The zero-order chi connectivity index (χ0) is 16.2. The smallest absolute Gasteiger partial charge is 0.223 e. The highest BCUT2D eigenvalue weighted by Crippen LogP contribution is 2.27. The average molecular weight is 398 g/mol. The molecule has 6 heteroatoms. The molecule has 1 N–H and O–H groups in total. The van der Waals surface area contributed by atoms with Gasteiger partial charge in [-0.1, -0.05) is 27.5 Å². The Morgan fingerprint density at radius 2 is 2.26 bits per heavy atom. The first-order valence-electron chi connectivity index (χ1n) is 7.64. The number of carbonyl (C=O) groups is 1. The Balaban J connectivity index is 1.43. The summed E-state index contributed by atoms with van der Waals surface area (Å²) in [5.41, 5.74) is 2.48. The summed E-state index contributed by atoms with van der Waals surface area (Å²) in [6.45, 7) is 1.97.